The maximum atomic E-state index is 9.18. The van der Waals surface area contributed by atoms with Crippen LogP contribution >= 0.6 is 11.6 Å². The molecule has 0 unspecified atom stereocenters. The molecule has 2 rings (SSSR count). The van der Waals surface area contributed by atoms with Gasteiger partial charge in [0.1, 0.15) is 0 Å². The molecular weight excluding hydrogens is 264 g/mol. The molecule has 0 saturated heterocycles. The molecule has 1 heterocycles. The van der Waals surface area contributed by atoms with Crippen LogP contribution in [0.15, 0.2) is 30.5 Å². The number of rotatable bonds is 6. The number of fused-ring (bicyclic) bond motifs is 1. The third-order valence-electron chi connectivity index (χ3n) is 2.98. The summed E-state index contributed by atoms with van der Waals surface area (Å²) in [5.41, 5.74) is 1.85. The summed E-state index contributed by atoms with van der Waals surface area (Å²) in [7, 11) is 0. The van der Waals surface area contributed by atoms with Gasteiger partial charge in [0.05, 0.1) is 12.1 Å². The van der Waals surface area contributed by atoms with Crippen LogP contribution in [0.2, 0.25) is 5.02 Å². The van der Waals surface area contributed by atoms with Crippen LogP contribution < -0.4 is 4.90 Å². The van der Waals surface area contributed by atoms with Crippen molar-refractivity contribution in [2.45, 2.75) is 6.42 Å². The molecule has 1 aromatic heterocycles. The Kier molecular flexibility index (Phi) is 4.96. The first-order valence-electron chi connectivity index (χ1n) is 6.27. The summed E-state index contributed by atoms with van der Waals surface area (Å²) in [6.45, 7) is 1.40. The van der Waals surface area contributed by atoms with Gasteiger partial charge in [-0.15, -0.1) is 0 Å². The van der Waals surface area contributed by atoms with Crippen molar-refractivity contribution in [1.29, 1.82) is 0 Å². The second-order valence-corrected chi connectivity index (χ2v) is 4.72. The smallest absolute Gasteiger partial charge is 0.0723 e. The van der Waals surface area contributed by atoms with Crippen LogP contribution in [0, 0.1) is 0 Å². The van der Waals surface area contributed by atoms with E-state index in [4.69, 9.17) is 16.7 Å². The second kappa shape index (κ2) is 6.70. The van der Waals surface area contributed by atoms with E-state index in [9.17, 15) is 5.11 Å². The molecule has 0 amide bonds. The number of anilines is 1. The Bertz CT molecular complexity index is 548. The largest absolute Gasteiger partial charge is 0.396 e. The van der Waals surface area contributed by atoms with Crippen molar-refractivity contribution in [2.24, 2.45) is 0 Å². The molecular formula is C14H17ClN2O2. The van der Waals surface area contributed by atoms with Crippen molar-refractivity contribution < 1.29 is 10.2 Å². The number of hydrogen-bond donors (Lipinski definition) is 2. The number of aromatic nitrogens is 1. The van der Waals surface area contributed by atoms with Gasteiger partial charge in [0.2, 0.25) is 0 Å². The summed E-state index contributed by atoms with van der Waals surface area (Å²) in [4.78, 5) is 6.35. The molecule has 1 aromatic carbocycles. The average Bonchev–Trinajstić information content (AvgIpc) is 2.43. The van der Waals surface area contributed by atoms with E-state index in [2.05, 4.69) is 4.98 Å². The number of aliphatic hydroxyl groups excluding tert-OH is 2. The number of hydrogen-bond acceptors (Lipinski definition) is 4. The number of halogens is 1. The topological polar surface area (TPSA) is 56.6 Å². The monoisotopic (exact) mass is 280 g/mol. The van der Waals surface area contributed by atoms with E-state index in [1.54, 1.807) is 6.20 Å². The molecule has 0 spiro atoms. The minimum absolute atomic E-state index is 0.0653. The molecule has 0 radical (unpaired) electrons. The average molecular weight is 281 g/mol. The summed E-state index contributed by atoms with van der Waals surface area (Å²) >= 11 is 6.04. The lowest BCUT2D eigenvalue weighted by molar-refractivity contribution is 0.281. The predicted molar refractivity (Wildman–Crippen MR) is 77.8 cm³/mol. The number of benzene rings is 1. The molecule has 0 aliphatic rings. The summed E-state index contributed by atoms with van der Waals surface area (Å²) < 4.78 is 0. The quantitative estimate of drug-likeness (QED) is 0.850. The first-order chi connectivity index (χ1) is 9.26. The van der Waals surface area contributed by atoms with Crippen molar-refractivity contribution >= 4 is 28.2 Å². The first-order valence-corrected chi connectivity index (χ1v) is 6.65. The molecule has 0 saturated carbocycles. The van der Waals surface area contributed by atoms with Crippen molar-refractivity contribution in [3.8, 4) is 0 Å². The number of nitrogens with zero attached hydrogens (tertiary/aromatic N) is 2. The Morgan fingerprint density at radius 2 is 1.95 bits per heavy atom. The van der Waals surface area contributed by atoms with Gasteiger partial charge in [-0.1, -0.05) is 11.6 Å². The molecule has 0 bridgehead atoms. The van der Waals surface area contributed by atoms with Gasteiger partial charge >= 0.3 is 0 Å². The lowest BCUT2D eigenvalue weighted by Gasteiger charge is -2.25. The van der Waals surface area contributed by atoms with Crippen molar-refractivity contribution in [3.05, 3.63) is 35.5 Å². The highest BCUT2D eigenvalue weighted by molar-refractivity contribution is 6.31. The van der Waals surface area contributed by atoms with Gasteiger partial charge in [-0.3, -0.25) is 4.98 Å². The van der Waals surface area contributed by atoms with Crippen LogP contribution in [-0.2, 0) is 0 Å². The Morgan fingerprint density at radius 3 is 2.68 bits per heavy atom. The second-order valence-electron chi connectivity index (χ2n) is 4.28. The molecule has 0 fully saturated rings. The van der Waals surface area contributed by atoms with Crippen molar-refractivity contribution in [2.75, 3.05) is 31.2 Å². The van der Waals surface area contributed by atoms with E-state index in [1.165, 1.54) is 0 Å². The maximum Gasteiger partial charge on any atom is 0.0723 e. The van der Waals surface area contributed by atoms with Crippen molar-refractivity contribution in [3.63, 3.8) is 0 Å². The summed E-state index contributed by atoms with van der Waals surface area (Å²) in [5.74, 6) is 0. The maximum absolute atomic E-state index is 9.18. The minimum Gasteiger partial charge on any atom is -0.396 e. The van der Waals surface area contributed by atoms with E-state index in [0.29, 0.717) is 24.5 Å². The van der Waals surface area contributed by atoms with Crippen LogP contribution in [-0.4, -0.2) is 41.5 Å². The standard InChI is InChI=1S/C14H17ClN2O2/c15-11-2-3-13-12(10-11)14(4-5-16-13)17(7-9-19)6-1-8-18/h2-5,10,18-19H,1,6-9H2. The molecule has 102 valence electrons. The van der Waals surface area contributed by atoms with Crippen LogP contribution in [0.5, 0.6) is 0 Å². The third kappa shape index (κ3) is 3.35. The van der Waals surface area contributed by atoms with Gasteiger partial charge in [0.15, 0.2) is 0 Å². The minimum atomic E-state index is 0.0653. The van der Waals surface area contributed by atoms with Crippen molar-refractivity contribution in [1.82, 2.24) is 4.98 Å². The van der Waals surface area contributed by atoms with Crippen LogP contribution in [0.4, 0.5) is 5.69 Å². The molecule has 5 heteroatoms. The summed E-state index contributed by atoms with van der Waals surface area (Å²) in [6.07, 6.45) is 2.40. The molecule has 0 aliphatic carbocycles. The fourth-order valence-electron chi connectivity index (χ4n) is 2.11. The number of aliphatic hydroxyl groups is 2. The highest BCUT2D eigenvalue weighted by atomic mass is 35.5. The molecule has 2 N–H and O–H groups in total. The highest BCUT2D eigenvalue weighted by Crippen LogP contribution is 2.27. The molecule has 2 aromatic rings. The lowest BCUT2D eigenvalue weighted by Crippen LogP contribution is -2.28. The Balaban J connectivity index is 2.42. The summed E-state index contributed by atoms with van der Waals surface area (Å²) in [6, 6.07) is 7.48. The van der Waals surface area contributed by atoms with Crippen LogP contribution in [0.1, 0.15) is 6.42 Å². The van der Waals surface area contributed by atoms with Crippen LogP contribution in [0.3, 0.4) is 0 Å². The third-order valence-corrected chi connectivity index (χ3v) is 3.21. The van der Waals surface area contributed by atoms with Gasteiger partial charge in [0, 0.05) is 42.0 Å². The zero-order valence-corrected chi connectivity index (χ0v) is 11.3. The predicted octanol–water partition coefficient (Wildman–Crippen LogP) is 2.07. The molecule has 4 nitrogen and oxygen atoms in total. The van der Waals surface area contributed by atoms with E-state index in [1.807, 2.05) is 29.2 Å². The normalized spacial score (nSPS) is 10.9. The first kappa shape index (κ1) is 14.1. The fraction of sp³-hybridized carbons (Fsp3) is 0.357. The lowest BCUT2D eigenvalue weighted by atomic mass is 10.1. The van der Waals surface area contributed by atoms with Gasteiger partial charge in [-0.25, -0.2) is 0 Å². The van der Waals surface area contributed by atoms with Crippen LogP contribution in [0.25, 0.3) is 10.9 Å². The zero-order valence-electron chi connectivity index (χ0n) is 10.6. The molecule has 19 heavy (non-hydrogen) atoms. The molecule has 0 atom stereocenters. The Morgan fingerprint density at radius 1 is 1.11 bits per heavy atom. The molecule has 0 aliphatic heterocycles. The Labute approximate surface area is 117 Å². The number of pyridine rings is 1. The van der Waals surface area contributed by atoms with Gasteiger partial charge in [-0.2, -0.15) is 0 Å². The summed E-state index contributed by atoms with van der Waals surface area (Å²) in [5, 5.41) is 19.8. The van der Waals surface area contributed by atoms with Gasteiger partial charge in [-0.05, 0) is 30.7 Å². The van der Waals surface area contributed by atoms with Gasteiger partial charge < -0.3 is 15.1 Å². The SMILES string of the molecule is OCCCN(CCO)c1ccnc2ccc(Cl)cc12. The van der Waals surface area contributed by atoms with E-state index >= 15 is 0 Å². The Hall–Kier alpha value is -1.36. The zero-order chi connectivity index (χ0) is 13.7. The van der Waals surface area contributed by atoms with E-state index < -0.39 is 0 Å². The fourth-order valence-corrected chi connectivity index (χ4v) is 2.29. The van der Waals surface area contributed by atoms with E-state index in [-0.39, 0.29) is 13.2 Å². The highest BCUT2D eigenvalue weighted by Gasteiger charge is 2.10. The van der Waals surface area contributed by atoms with E-state index in [0.717, 1.165) is 16.6 Å². The van der Waals surface area contributed by atoms with Gasteiger partial charge in [0.25, 0.3) is 0 Å².